The highest BCUT2D eigenvalue weighted by Crippen LogP contribution is 2.29. The molecule has 5 nitrogen and oxygen atoms in total. The number of benzene rings is 1. The molecule has 0 fully saturated rings. The maximum absolute atomic E-state index is 5.35. The van der Waals surface area contributed by atoms with Crippen molar-refractivity contribution in [3.8, 4) is 11.5 Å². The summed E-state index contributed by atoms with van der Waals surface area (Å²) in [4.78, 5) is 6.12. The summed E-state index contributed by atoms with van der Waals surface area (Å²) < 4.78 is 10.6. The Bertz CT molecular complexity index is 677. The van der Waals surface area contributed by atoms with Crippen molar-refractivity contribution < 1.29 is 9.47 Å². The molecule has 1 aromatic carbocycles. The van der Waals surface area contributed by atoms with E-state index < -0.39 is 0 Å². The highest BCUT2D eigenvalue weighted by molar-refractivity contribution is 14.0. The largest absolute Gasteiger partial charge is 0.493 e. The second-order valence-electron chi connectivity index (χ2n) is 5.80. The third kappa shape index (κ3) is 7.03. The first-order chi connectivity index (χ1) is 12.2. The predicted molar refractivity (Wildman–Crippen MR) is 122 cm³/mol. The SMILES string of the molecule is CCNC(=NCC(C)Cc1cccs1)Nc1ccc(OC)c(OC)c1.I. The van der Waals surface area contributed by atoms with Crippen LogP contribution >= 0.6 is 35.3 Å². The van der Waals surface area contributed by atoms with Crippen molar-refractivity contribution in [2.45, 2.75) is 20.3 Å². The third-order valence-corrected chi connectivity index (χ3v) is 4.58. The van der Waals surface area contributed by atoms with E-state index >= 15 is 0 Å². The Morgan fingerprint density at radius 1 is 1.19 bits per heavy atom. The van der Waals surface area contributed by atoms with Crippen LogP contribution in [0.15, 0.2) is 40.7 Å². The number of guanidine groups is 1. The zero-order chi connectivity index (χ0) is 18.1. The van der Waals surface area contributed by atoms with E-state index in [0.717, 1.165) is 31.2 Å². The summed E-state index contributed by atoms with van der Waals surface area (Å²) in [5.74, 6) is 2.65. The summed E-state index contributed by atoms with van der Waals surface area (Å²) in [5.41, 5.74) is 0.906. The summed E-state index contributed by atoms with van der Waals surface area (Å²) >= 11 is 1.80. The van der Waals surface area contributed by atoms with Gasteiger partial charge in [0.05, 0.1) is 14.2 Å². The van der Waals surface area contributed by atoms with E-state index in [1.807, 2.05) is 18.2 Å². The number of ether oxygens (including phenoxy) is 2. The monoisotopic (exact) mass is 489 g/mol. The van der Waals surface area contributed by atoms with Gasteiger partial charge in [0.2, 0.25) is 0 Å². The number of anilines is 1. The van der Waals surface area contributed by atoms with Crippen LogP contribution in [0.1, 0.15) is 18.7 Å². The lowest BCUT2D eigenvalue weighted by Crippen LogP contribution is -2.31. The Hall–Kier alpha value is -1.48. The molecule has 2 N–H and O–H groups in total. The Labute approximate surface area is 177 Å². The fourth-order valence-electron chi connectivity index (χ4n) is 2.44. The van der Waals surface area contributed by atoms with Gasteiger partial charge in [0, 0.05) is 29.7 Å². The molecule has 2 aromatic rings. The quantitative estimate of drug-likeness (QED) is 0.322. The van der Waals surface area contributed by atoms with Gasteiger partial charge >= 0.3 is 0 Å². The van der Waals surface area contributed by atoms with E-state index in [2.05, 4.69) is 42.0 Å². The third-order valence-electron chi connectivity index (χ3n) is 3.68. The first-order valence-corrected chi connectivity index (χ1v) is 9.34. The number of thiophene rings is 1. The first-order valence-electron chi connectivity index (χ1n) is 8.46. The molecule has 1 aromatic heterocycles. The molecule has 26 heavy (non-hydrogen) atoms. The molecular weight excluding hydrogens is 461 g/mol. The van der Waals surface area contributed by atoms with E-state index in [9.17, 15) is 0 Å². The van der Waals surface area contributed by atoms with Crippen LogP contribution in [0.25, 0.3) is 0 Å². The first kappa shape index (κ1) is 22.6. The van der Waals surface area contributed by atoms with Crippen molar-refractivity contribution in [2.75, 3.05) is 32.6 Å². The second-order valence-corrected chi connectivity index (χ2v) is 6.84. The number of nitrogens with zero attached hydrogens (tertiary/aromatic N) is 1. The van der Waals surface area contributed by atoms with Crippen LogP contribution in [0, 0.1) is 5.92 Å². The molecule has 0 saturated heterocycles. The van der Waals surface area contributed by atoms with Crippen molar-refractivity contribution in [1.82, 2.24) is 5.32 Å². The normalized spacial score (nSPS) is 12.1. The van der Waals surface area contributed by atoms with Gasteiger partial charge in [-0.05, 0) is 42.8 Å². The van der Waals surface area contributed by atoms with Crippen molar-refractivity contribution in [3.63, 3.8) is 0 Å². The highest BCUT2D eigenvalue weighted by Gasteiger charge is 2.08. The number of methoxy groups -OCH3 is 2. The lowest BCUT2D eigenvalue weighted by atomic mass is 10.1. The molecule has 1 heterocycles. The minimum atomic E-state index is 0. The van der Waals surface area contributed by atoms with E-state index in [4.69, 9.17) is 14.5 Å². The maximum Gasteiger partial charge on any atom is 0.195 e. The fraction of sp³-hybridized carbons (Fsp3) is 0.421. The zero-order valence-electron chi connectivity index (χ0n) is 15.7. The Kier molecular flexibility index (Phi) is 10.4. The molecule has 0 aliphatic carbocycles. The standard InChI is InChI=1S/C19H27N3O2S.HI/c1-5-20-19(21-13-14(2)11-16-7-6-10-25-16)22-15-8-9-17(23-3)18(12-15)24-4;/h6-10,12,14H,5,11,13H2,1-4H3,(H2,20,21,22);1H. The second kappa shape index (κ2) is 12.0. The number of aliphatic imine (C=N–C) groups is 1. The van der Waals surface area contributed by atoms with Crippen molar-refractivity contribution >= 4 is 47.0 Å². The number of rotatable bonds is 8. The highest BCUT2D eigenvalue weighted by atomic mass is 127. The number of halogens is 1. The molecule has 2 rings (SSSR count). The molecule has 1 atom stereocenters. The molecule has 0 bridgehead atoms. The van der Waals surface area contributed by atoms with E-state index in [-0.39, 0.29) is 24.0 Å². The molecule has 0 saturated carbocycles. The average molecular weight is 489 g/mol. The molecule has 0 aliphatic rings. The fourth-order valence-corrected chi connectivity index (χ4v) is 3.31. The van der Waals surface area contributed by atoms with Gasteiger partial charge in [-0.3, -0.25) is 4.99 Å². The van der Waals surface area contributed by atoms with E-state index in [0.29, 0.717) is 17.4 Å². The molecule has 0 amide bonds. The number of hydrogen-bond donors (Lipinski definition) is 2. The number of hydrogen-bond acceptors (Lipinski definition) is 4. The number of nitrogens with one attached hydrogen (secondary N) is 2. The Balaban J connectivity index is 0.00000338. The molecular formula is C19H28IN3O2S. The van der Waals surface area contributed by atoms with Crippen molar-refractivity contribution in [1.29, 1.82) is 0 Å². The van der Waals surface area contributed by atoms with Crippen molar-refractivity contribution in [3.05, 3.63) is 40.6 Å². The van der Waals surface area contributed by atoms with Crippen LogP contribution in [-0.2, 0) is 6.42 Å². The smallest absolute Gasteiger partial charge is 0.195 e. The maximum atomic E-state index is 5.35. The summed E-state index contributed by atoms with van der Waals surface area (Å²) in [6, 6.07) is 10.0. The average Bonchev–Trinajstić information content (AvgIpc) is 3.12. The summed E-state index contributed by atoms with van der Waals surface area (Å²) in [7, 11) is 3.26. The van der Waals surface area contributed by atoms with E-state index in [1.165, 1.54) is 4.88 Å². The van der Waals surface area contributed by atoms with Crippen LogP contribution in [0.5, 0.6) is 11.5 Å². The van der Waals surface area contributed by atoms with Gasteiger partial charge in [-0.15, -0.1) is 35.3 Å². The topological polar surface area (TPSA) is 54.9 Å². The molecule has 7 heteroatoms. The van der Waals surface area contributed by atoms with Gasteiger partial charge in [0.1, 0.15) is 0 Å². The zero-order valence-corrected chi connectivity index (χ0v) is 18.9. The summed E-state index contributed by atoms with van der Waals surface area (Å²) in [5, 5.41) is 8.73. The molecule has 0 aliphatic heterocycles. The van der Waals surface area contributed by atoms with Crippen molar-refractivity contribution in [2.24, 2.45) is 10.9 Å². The lowest BCUT2D eigenvalue weighted by molar-refractivity contribution is 0.355. The van der Waals surface area contributed by atoms with Gasteiger partial charge in [0.15, 0.2) is 17.5 Å². The summed E-state index contributed by atoms with van der Waals surface area (Å²) in [6.45, 7) is 5.85. The van der Waals surface area contributed by atoms with Gasteiger partial charge in [-0.2, -0.15) is 0 Å². The minimum Gasteiger partial charge on any atom is -0.493 e. The Morgan fingerprint density at radius 2 is 1.96 bits per heavy atom. The van der Waals surface area contributed by atoms with E-state index in [1.54, 1.807) is 25.6 Å². The molecule has 0 radical (unpaired) electrons. The minimum absolute atomic E-state index is 0. The molecule has 0 spiro atoms. The van der Waals surface area contributed by atoms with Crippen LogP contribution < -0.4 is 20.1 Å². The Morgan fingerprint density at radius 3 is 2.58 bits per heavy atom. The van der Waals surface area contributed by atoms with Gasteiger partial charge < -0.3 is 20.1 Å². The molecule has 144 valence electrons. The summed E-state index contributed by atoms with van der Waals surface area (Å²) in [6.07, 6.45) is 1.05. The van der Waals surface area contributed by atoms with Crippen LogP contribution in [-0.4, -0.2) is 33.3 Å². The molecule has 1 unspecified atom stereocenters. The lowest BCUT2D eigenvalue weighted by Gasteiger charge is -2.15. The van der Waals surface area contributed by atoms with Crippen LogP contribution in [0.2, 0.25) is 0 Å². The van der Waals surface area contributed by atoms with Crippen LogP contribution in [0.3, 0.4) is 0 Å². The van der Waals surface area contributed by atoms with Gasteiger partial charge in [0.25, 0.3) is 0 Å². The van der Waals surface area contributed by atoms with Gasteiger partial charge in [-0.25, -0.2) is 0 Å². The van der Waals surface area contributed by atoms with Gasteiger partial charge in [-0.1, -0.05) is 13.0 Å². The van der Waals surface area contributed by atoms with Crippen LogP contribution in [0.4, 0.5) is 5.69 Å². The predicted octanol–water partition coefficient (Wildman–Crippen LogP) is 4.64.